The normalized spacial score (nSPS) is 14.8. The summed E-state index contributed by atoms with van der Waals surface area (Å²) in [6.07, 6.45) is -0.404. The minimum Gasteiger partial charge on any atom is -0.492 e. The highest BCUT2D eigenvalue weighted by Crippen LogP contribution is 2.28. The van der Waals surface area contributed by atoms with Gasteiger partial charge in [-0.05, 0) is 32.4 Å². The molecule has 0 aliphatic heterocycles. The summed E-state index contributed by atoms with van der Waals surface area (Å²) in [6.45, 7) is 3.16. The van der Waals surface area contributed by atoms with E-state index in [0.717, 1.165) is 12.1 Å². The lowest BCUT2D eigenvalue weighted by molar-refractivity contribution is 0.175. The zero-order valence-corrected chi connectivity index (χ0v) is 12.4. The second-order valence-corrected chi connectivity index (χ2v) is 6.35. The van der Waals surface area contributed by atoms with Gasteiger partial charge in [0, 0.05) is 6.04 Å². The number of rotatable bonds is 6. The number of anilines is 1. The van der Waals surface area contributed by atoms with E-state index in [1.54, 1.807) is 13.8 Å². The maximum atomic E-state index is 13.7. The predicted molar refractivity (Wildman–Crippen MR) is 73.4 cm³/mol. The Balaban J connectivity index is 3.04. The molecule has 114 valence electrons. The summed E-state index contributed by atoms with van der Waals surface area (Å²) in [5, 5.41) is 9.22. The van der Waals surface area contributed by atoms with Crippen molar-refractivity contribution in [1.29, 1.82) is 0 Å². The van der Waals surface area contributed by atoms with Crippen molar-refractivity contribution < 1.29 is 22.7 Å². The van der Waals surface area contributed by atoms with Crippen molar-refractivity contribution in [2.45, 2.75) is 37.3 Å². The SMILES string of the molecule is COc1c(N)cc(S(=O)(=O)NC(C)CC(C)O)cc1F. The average Bonchev–Trinajstić information content (AvgIpc) is 2.26. The molecule has 2 atom stereocenters. The Kier molecular flexibility index (Phi) is 5.32. The summed E-state index contributed by atoms with van der Waals surface area (Å²) in [5.74, 6) is -1.04. The molecule has 6 nitrogen and oxygen atoms in total. The fourth-order valence-electron chi connectivity index (χ4n) is 1.85. The van der Waals surface area contributed by atoms with Gasteiger partial charge in [-0.25, -0.2) is 17.5 Å². The molecule has 0 fully saturated rings. The van der Waals surface area contributed by atoms with Crippen molar-refractivity contribution in [2.75, 3.05) is 12.8 Å². The van der Waals surface area contributed by atoms with Crippen molar-refractivity contribution in [2.24, 2.45) is 0 Å². The Hall–Kier alpha value is -1.38. The van der Waals surface area contributed by atoms with Crippen molar-refractivity contribution in [3.05, 3.63) is 17.9 Å². The van der Waals surface area contributed by atoms with Crippen molar-refractivity contribution in [1.82, 2.24) is 4.72 Å². The smallest absolute Gasteiger partial charge is 0.240 e. The van der Waals surface area contributed by atoms with Crippen LogP contribution in [0.15, 0.2) is 17.0 Å². The van der Waals surface area contributed by atoms with Gasteiger partial charge in [0.05, 0.1) is 23.8 Å². The second kappa shape index (κ2) is 6.38. The molecule has 8 heteroatoms. The van der Waals surface area contributed by atoms with Crippen LogP contribution in [0.5, 0.6) is 5.75 Å². The third-order valence-corrected chi connectivity index (χ3v) is 4.18. The van der Waals surface area contributed by atoms with Crippen molar-refractivity contribution >= 4 is 15.7 Å². The van der Waals surface area contributed by atoms with Crippen LogP contribution in [0.3, 0.4) is 0 Å². The number of hydrogen-bond acceptors (Lipinski definition) is 5. The molecule has 0 bridgehead atoms. The number of halogens is 1. The highest BCUT2D eigenvalue weighted by atomic mass is 32.2. The van der Waals surface area contributed by atoms with Crippen LogP contribution in [0, 0.1) is 5.82 Å². The molecule has 1 aromatic carbocycles. The third kappa shape index (κ3) is 4.06. The molecule has 0 spiro atoms. The molecule has 0 saturated heterocycles. The lowest BCUT2D eigenvalue weighted by atomic mass is 10.2. The van der Waals surface area contributed by atoms with Crippen LogP contribution in [-0.4, -0.2) is 32.8 Å². The Morgan fingerprint density at radius 2 is 2.05 bits per heavy atom. The molecule has 0 aromatic heterocycles. The molecular formula is C12H19FN2O4S. The number of aliphatic hydroxyl groups is 1. The molecular weight excluding hydrogens is 287 g/mol. The third-order valence-electron chi connectivity index (χ3n) is 2.61. The lowest BCUT2D eigenvalue weighted by Crippen LogP contribution is -2.34. The first kappa shape index (κ1) is 16.7. The number of nitrogens with two attached hydrogens (primary N) is 1. The highest BCUT2D eigenvalue weighted by Gasteiger charge is 2.21. The Morgan fingerprint density at radius 3 is 2.50 bits per heavy atom. The van der Waals surface area contributed by atoms with Crippen LogP contribution in [0.2, 0.25) is 0 Å². The van der Waals surface area contributed by atoms with E-state index in [1.807, 2.05) is 0 Å². The summed E-state index contributed by atoms with van der Waals surface area (Å²) < 4.78 is 44.9. The standard InChI is InChI=1S/C12H19FN2O4S/c1-7(4-8(2)16)15-20(17,18)9-5-10(13)12(19-3)11(14)6-9/h5-8,15-16H,4,14H2,1-3H3. The van der Waals surface area contributed by atoms with Crippen LogP contribution >= 0.6 is 0 Å². The van der Waals surface area contributed by atoms with Gasteiger partial charge in [-0.2, -0.15) is 0 Å². The molecule has 0 radical (unpaired) electrons. The minimum atomic E-state index is -3.91. The number of methoxy groups -OCH3 is 1. The van der Waals surface area contributed by atoms with E-state index in [0.29, 0.717) is 0 Å². The summed E-state index contributed by atoms with van der Waals surface area (Å²) in [4.78, 5) is -0.286. The van der Waals surface area contributed by atoms with Crippen LogP contribution in [0.1, 0.15) is 20.3 Å². The number of nitrogen functional groups attached to an aromatic ring is 1. The van der Waals surface area contributed by atoms with Crippen molar-refractivity contribution in [3.8, 4) is 5.75 Å². The molecule has 2 unspecified atom stereocenters. The van der Waals surface area contributed by atoms with E-state index in [4.69, 9.17) is 10.5 Å². The maximum absolute atomic E-state index is 13.7. The van der Waals surface area contributed by atoms with Gasteiger partial charge in [0.15, 0.2) is 11.6 Å². The molecule has 20 heavy (non-hydrogen) atoms. The van der Waals surface area contributed by atoms with Gasteiger partial charge in [-0.1, -0.05) is 0 Å². The lowest BCUT2D eigenvalue weighted by Gasteiger charge is -2.16. The highest BCUT2D eigenvalue weighted by molar-refractivity contribution is 7.89. The first-order valence-electron chi connectivity index (χ1n) is 6.00. The van der Waals surface area contributed by atoms with Gasteiger partial charge < -0.3 is 15.6 Å². The monoisotopic (exact) mass is 306 g/mol. The largest absolute Gasteiger partial charge is 0.492 e. The molecule has 0 amide bonds. The Bertz CT molecular complexity index is 552. The predicted octanol–water partition coefficient (Wildman–Crippen LogP) is 0.854. The van der Waals surface area contributed by atoms with Gasteiger partial charge in [-0.15, -0.1) is 0 Å². The number of nitrogens with one attached hydrogen (secondary N) is 1. The van der Waals surface area contributed by atoms with Gasteiger partial charge in [0.25, 0.3) is 0 Å². The summed E-state index contributed by atoms with van der Waals surface area (Å²) >= 11 is 0. The number of aliphatic hydroxyl groups excluding tert-OH is 1. The molecule has 0 aliphatic rings. The van der Waals surface area contributed by atoms with E-state index >= 15 is 0 Å². The van der Waals surface area contributed by atoms with E-state index in [9.17, 15) is 17.9 Å². The number of sulfonamides is 1. The average molecular weight is 306 g/mol. The fourth-order valence-corrected chi connectivity index (χ4v) is 3.15. The molecule has 0 aliphatic carbocycles. The van der Waals surface area contributed by atoms with Crippen molar-refractivity contribution in [3.63, 3.8) is 0 Å². The molecule has 1 rings (SSSR count). The quantitative estimate of drug-likeness (QED) is 0.676. The molecule has 0 saturated carbocycles. The van der Waals surface area contributed by atoms with E-state index in [2.05, 4.69) is 4.72 Å². The summed E-state index contributed by atoms with van der Waals surface area (Å²) in [7, 11) is -2.67. The summed E-state index contributed by atoms with van der Waals surface area (Å²) in [5.41, 5.74) is 5.44. The van der Waals surface area contributed by atoms with Gasteiger partial charge in [0.1, 0.15) is 0 Å². The Morgan fingerprint density at radius 1 is 1.45 bits per heavy atom. The first-order valence-corrected chi connectivity index (χ1v) is 7.49. The van der Waals surface area contributed by atoms with Gasteiger partial charge >= 0.3 is 0 Å². The Labute approximate surface area is 117 Å². The van der Waals surface area contributed by atoms with Crippen LogP contribution in [0.4, 0.5) is 10.1 Å². The molecule has 0 heterocycles. The van der Waals surface area contributed by atoms with Crippen LogP contribution in [-0.2, 0) is 10.0 Å². The van der Waals surface area contributed by atoms with E-state index < -0.39 is 28.0 Å². The van der Waals surface area contributed by atoms with Crippen LogP contribution in [0.25, 0.3) is 0 Å². The van der Waals surface area contributed by atoms with Gasteiger partial charge in [0.2, 0.25) is 10.0 Å². The number of ether oxygens (including phenoxy) is 1. The molecule has 1 aromatic rings. The molecule has 4 N–H and O–H groups in total. The topological polar surface area (TPSA) is 102 Å². The minimum absolute atomic E-state index is 0.101. The van der Waals surface area contributed by atoms with Crippen LogP contribution < -0.4 is 15.2 Å². The fraction of sp³-hybridized carbons (Fsp3) is 0.500. The zero-order valence-electron chi connectivity index (χ0n) is 11.6. The first-order chi connectivity index (χ1) is 9.17. The zero-order chi connectivity index (χ0) is 15.5. The number of hydrogen-bond donors (Lipinski definition) is 3. The number of benzene rings is 1. The van der Waals surface area contributed by atoms with E-state index in [-0.39, 0.29) is 22.8 Å². The second-order valence-electron chi connectivity index (χ2n) is 4.63. The summed E-state index contributed by atoms with van der Waals surface area (Å²) in [6, 6.07) is 1.47. The van der Waals surface area contributed by atoms with Gasteiger partial charge in [-0.3, -0.25) is 0 Å². The van der Waals surface area contributed by atoms with E-state index in [1.165, 1.54) is 7.11 Å². The maximum Gasteiger partial charge on any atom is 0.240 e.